The number of hydrogen-bond acceptors (Lipinski definition) is 3. The molecule has 4 nitrogen and oxygen atoms in total. The Balaban J connectivity index is 2.41. The van der Waals surface area contributed by atoms with Gasteiger partial charge in [-0.25, -0.2) is 0 Å². The van der Waals surface area contributed by atoms with Crippen LogP contribution < -0.4 is 16.8 Å². The maximum Gasteiger partial charge on any atom is 0.217 e. The Morgan fingerprint density at radius 2 is 2.12 bits per heavy atom. The van der Waals surface area contributed by atoms with Crippen molar-refractivity contribution in [2.24, 2.45) is 5.73 Å². The van der Waals surface area contributed by atoms with E-state index in [1.54, 1.807) is 0 Å². The van der Waals surface area contributed by atoms with E-state index in [2.05, 4.69) is 5.32 Å². The molecule has 0 spiro atoms. The number of rotatable bonds is 6. The molecule has 0 heterocycles. The normalized spacial score (nSPS) is 10.2. The molecule has 0 bridgehead atoms. The Morgan fingerprint density at radius 1 is 1.41 bits per heavy atom. The van der Waals surface area contributed by atoms with Crippen LogP contribution in [-0.4, -0.2) is 12.5 Å². The summed E-state index contributed by atoms with van der Waals surface area (Å²) in [5.74, 6) is -0.253. The van der Waals surface area contributed by atoms with Crippen LogP contribution >= 0.6 is 11.6 Å². The van der Waals surface area contributed by atoms with Gasteiger partial charge in [0.05, 0.1) is 10.7 Å². The molecular formula is C12H18ClN3O. The van der Waals surface area contributed by atoms with E-state index in [9.17, 15) is 4.79 Å². The highest BCUT2D eigenvalue weighted by Gasteiger charge is 2.03. The Labute approximate surface area is 106 Å². The second-order valence-electron chi connectivity index (χ2n) is 4.04. The summed E-state index contributed by atoms with van der Waals surface area (Å²) in [5.41, 5.74) is 13.4. The smallest absolute Gasteiger partial charge is 0.217 e. The number of carbonyl (C=O) groups excluding carboxylic acids is 1. The molecular weight excluding hydrogens is 238 g/mol. The third-order valence-corrected chi connectivity index (χ3v) is 2.84. The summed E-state index contributed by atoms with van der Waals surface area (Å²) in [5, 5.41) is 3.81. The van der Waals surface area contributed by atoms with E-state index in [0.29, 0.717) is 17.1 Å². The maximum atomic E-state index is 10.5. The average Bonchev–Trinajstić information content (AvgIpc) is 2.24. The van der Waals surface area contributed by atoms with Gasteiger partial charge in [-0.3, -0.25) is 4.79 Å². The Hall–Kier alpha value is -1.42. The number of halogens is 1. The van der Waals surface area contributed by atoms with Gasteiger partial charge < -0.3 is 16.8 Å². The number of amides is 1. The van der Waals surface area contributed by atoms with Crippen molar-refractivity contribution in [3.63, 3.8) is 0 Å². The predicted octanol–water partition coefficient (Wildman–Crippen LogP) is 2.30. The molecule has 94 valence electrons. The molecule has 1 aromatic rings. The van der Waals surface area contributed by atoms with Crippen LogP contribution in [0, 0.1) is 6.92 Å². The third-order valence-electron chi connectivity index (χ3n) is 2.51. The summed E-state index contributed by atoms with van der Waals surface area (Å²) in [6.07, 6.45) is 2.12. The summed E-state index contributed by atoms with van der Waals surface area (Å²) >= 11 is 5.94. The van der Waals surface area contributed by atoms with E-state index >= 15 is 0 Å². The van der Waals surface area contributed by atoms with Crippen molar-refractivity contribution in [3.05, 3.63) is 22.7 Å². The molecule has 17 heavy (non-hydrogen) atoms. The minimum absolute atomic E-state index is 0.253. The first-order chi connectivity index (χ1) is 8.00. The van der Waals surface area contributed by atoms with Gasteiger partial charge in [0.1, 0.15) is 0 Å². The van der Waals surface area contributed by atoms with Crippen LogP contribution in [0.15, 0.2) is 12.1 Å². The Morgan fingerprint density at radius 3 is 2.76 bits per heavy atom. The van der Waals surface area contributed by atoms with Gasteiger partial charge in [-0.05, 0) is 37.5 Å². The molecule has 0 unspecified atom stereocenters. The standard InChI is InChI=1S/C12H18ClN3O/c1-8-6-10(14)9(13)7-11(8)16-5-3-2-4-12(15)17/h6-7,16H,2-5,14H2,1H3,(H2,15,17). The first-order valence-electron chi connectivity index (χ1n) is 5.58. The minimum atomic E-state index is -0.253. The number of nitrogen functional groups attached to an aromatic ring is 1. The number of anilines is 2. The zero-order chi connectivity index (χ0) is 12.8. The summed E-state index contributed by atoms with van der Waals surface area (Å²) in [4.78, 5) is 10.5. The van der Waals surface area contributed by atoms with Gasteiger partial charge in [-0.2, -0.15) is 0 Å². The fourth-order valence-electron chi connectivity index (χ4n) is 1.54. The average molecular weight is 256 g/mol. The second-order valence-corrected chi connectivity index (χ2v) is 4.45. The number of benzene rings is 1. The fourth-order valence-corrected chi connectivity index (χ4v) is 1.71. The Bertz CT molecular complexity index is 407. The van der Waals surface area contributed by atoms with Gasteiger partial charge in [0.25, 0.3) is 0 Å². The molecule has 0 aliphatic rings. The molecule has 1 rings (SSSR count). The topological polar surface area (TPSA) is 81.1 Å². The number of hydrogen-bond donors (Lipinski definition) is 3. The number of primary amides is 1. The van der Waals surface area contributed by atoms with Gasteiger partial charge in [-0.1, -0.05) is 11.6 Å². The number of nitrogens with two attached hydrogens (primary N) is 2. The highest BCUT2D eigenvalue weighted by Crippen LogP contribution is 2.26. The molecule has 1 amide bonds. The van der Waals surface area contributed by atoms with Crippen LogP contribution in [0.4, 0.5) is 11.4 Å². The second kappa shape index (κ2) is 6.35. The molecule has 1 aromatic carbocycles. The largest absolute Gasteiger partial charge is 0.398 e. The van der Waals surface area contributed by atoms with Crippen molar-refractivity contribution in [3.8, 4) is 0 Å². The van der Waals surface area contributed by atoms with Gasteiger partial charge >= 0.3 is 0 Å². The fraction of sp³-hybridized carbons (Fsp3) is 0.417. The predicted molar refractivity (Wildman–Crippen MR) is 72.1 cm³/mol. The summed E-state index contributed by atoms with van der Waals surface area (Å²) in [7, 11) is 0. The molecule has 5 N–H and O–H groups in total. The van der Waals surface area contributed by atoms with Gasteiger partial charge in [0.2, 0.25) is 5.91 Å². The first-order valence-corrected chi connectivity index (χ1v) is 5.96. The molecule has 0 radical (unpaired) electrons. The van der Waals surface area contributed by atoms with Gasteiger partial charge in [0.15, 0.2) is 0 Å². The lowest BCUT2D eigenvalue weighted by Gasteiger charge is -2.11. The van der Waals surface area contributed by atoms with Crippen molar-refractivity contribution < 1.29 is 4.79 Å². The molecule has 0 aliphatic carbocycles. The van der Waals surface area contributed by atoms with Crippen molar-refractivity contribution in [2.45, 2.75) is 26.2 Å². The van der Waals surface area contributed by atoms with E-state index in [4.69, 9.17) is 23.1 Å². The van der Waals surface area contributed by atoms with Crippen LogP contribution in [0.25, 0.3) is 0 Å². The molecule has 0 aromatic heterocycles. The lowest BCUT2D eigenvalue weighted by molar-refractivity contribution is -0.118. The number of unbranched alkanes of at least 4 members (excludes halogenated alkanes) is 1. The van der Waals surface area contributed by atoms with E-state index in [1.807, 2.05) is 19.1 Å². The number of carbonyl (C=O) groups is 1. The maximum absolute atomic E-state index is 10.5. The van der Waals surface area contributed by atoms with E-state index in [0.717, 1.165) is 30.6 Å². The van der Waals surface area contributed by atoms with Crippen LogP contribution in [0.1, 0.15) is 24.8 Å². The molecule has 0 atom stereocenters. The molecule has 0 saturated heterocycles. The third kappa shape index (κ3) is 4.53. The van der Waals surface area contributed by atoms with E-state index < -0.39 is 0 Å². The lowest BCUT2D eigenvalue weighted by atomic mass is 10.1. The van der Waals surface area contributed by atoms with Gasteiger partial charge in [-0.15, -0.1) is 0 Å². The van der Waals surface area contributed by atoms with Crippen LogP contribution in [0.3, 0.4) is 0 Å². The molecule has 0 saturated carbocycles. The van der Waals surface area contributed by atoms with Crippen molar-refractivity contribution in [1.29, 1.82) is 0 Å². The number of nitrogens with one attached hydrogen (secondary N) is 1. The quantitative estimate of drug-likeness (QED) is 0.539. The summed E-state index contributed by atoms with van der Waals surface area (Å²) < 4.78 is 0. The SMILES string of the molecule is Cc1cc(N)c(Cl)cc1NCCCCC(N)=O. The van der Waals surface area contributed by atoms with Gasteiger partial charge in [0, 0.05) is 18.7 Å². The minimum Gasteiger partial charge on any atom is -0.398 e. The summed E-state index contributed by atoms with van der Waals surface area (Å²) in [6.45, 7) is 2.76. The lowest BCUT2D eigenvalue weighted by Crippen LogP contribution is -2.11. The van der Waals surface area contributed by atoms with E-state index in [-0.39, 0.29) is 5.91 Å². The monoisotopic (exact) mass is 255 g/mol. The highest BCUT2D eigenvalue weighted by molar-refractivity contribution is 6.33. The van der Waals surface area contributed by atoms with Crippen LogP contribution in [0.5, 0.6) is 0 Å². The highest BCUT2D eigenvalue weighted by atomic mass is 35.5. The molecule has 5 heteroatoms. The van der Waals surface area contributed by atoms with Crippen molar-refractivity contribution in [1.82, 2.24) is 0 Å². The first kappa shape index (κ1) is 13.6. The van der Waals surface area contributed by atoms with E-state index in [1.165, 1.54) is 0 Å². The van der Waals surface area contributed by atoms with Crippen LogP contribution in [-0.2, 0) is 4.79 Å². The molecule has 0 fully saturated rings. The zero-order valence-corrected chi connectivity index (χ0v) is 10.7. The van der Waals surface area contributed by atoms with Crippen molar-refractivity contribution in [2.75, 3.05) is 17.6 Å². The Kier molecular flexibility index (Phi) is 5.10. The summed E-state index contributed by atoms with van der Waals surface area (Å²) in [6, 6.07) is 3.66. The van der Waals surface area contributed by atoms with Crippen molar-refractivity contribution >= 4 is 28.9 Å². The van der Waals surface area contributed by atoms with Crippen LogP contribution in [0.2, 0.25) is 5.02 Å². The zero-order valence-electron chi connectivity index (χ0n) is 9.92. The molecule has 0 aliphatic heterocycles. The number of aryl methyl sites for hydroxylation is 1.